The lowest BCUT2D eigenvalue weighted by Crippen LogP contribution is -2.38. The Balaban J connectivity index is 1.49. The molecule has 9 nitrogen and oxygen atoms in total. The lowest BCUT2D eigenvalue weighted by atomic mass is 10.1. The minimum absolute atomic E-state index is 0.0161. The maximum Gasteiger partial charge on any atom is 0.269 e. The zero-order chi connectivity index (χ0) is 22.9. The number of ether oxygens (including phenoxy) is 1. The third-order valence-corrected chi connectivity index (χ3v) is 8.35. The third kappa shape index (κ3) is 4.12. The van der Waals surface area contributed by atoms with Crippen molar-refractivity contribution in [3.05, 3.63) is 63.3 Å². The Morgan fingerprint density at radius 2 is 2.00 bits per heavy atom. The minimum Gasteiger partial charge on any atom is -0.394 e. The normalized spacial score (nSPS) is 17.7. The number of non-ortho nitro benzene ring substituents is 1. The molecule has 1 saturated heterocycles. The average Bonchev–Trinajstić information content (AvgIpc) is 3.50. The van der Waals surface area contributed by atoms with E-state index in [0.29, 0.717) is 16.5 Å². The molecule has 11 heteroatoms. The molecule has 2 aromatic heterocycles. The molecule has 2 aliphatic rings. The van der Waals surface area contributed by atoms with E-state index in [2.05, 4.69) is 10.1 Å². The van der Waals surface area contributed by atoms with Crippen molar-refractivity contribution in [1.82, 2.24) is 9.47 Å². The van der Waals surface area contributed by atoms with E-state index in [9.17, 15) is 14.3 Å². The Bertz CT molecular complexity index is 1240. The van der Waals surface area contributed by atoms with Gasteiger partial charge in [-0.15, -0.1) is 11.3 Å². The highest BCUT2D eigenvalue weighted by Crippen LogP contribution is 2.46. The van der Waals surface area contributed by atoms with Crippen molar-refractivity contribution in [1.29, 1.82) is 0 Å². The second-order valence-electron chi connectivity index (χ2n) is 7.69. The summed E-state index contributed by atoms with van der Waals surface area (Å²) in [5.41, 5.74) is 4.09. The van der Waals surface area contributed by atoms with Gasteiger partial charge in [0.25, 0.3) is 5.69 Å². The summed E-state index contributed by atoms with van der Waals surface area (Å²) in [6, 6.07) is 10.2. The van der Waals surface area contributed by atoms with E-state index in [1.165, 1.54) is 23.5 Å². The highest BCUT2D eigenvalue weighted by molar-refractivity contribution is 7.86. The van der Waals surface area contributed by atoms with Crippen LogP contribution >= 0.6 is 11.3 Å². The van der Waals surface area contributed by atoms with Gasteiger partial charge < -0.3 is 14.1 Å². The lowest BCUT2D eigenvalue weighted by Gasteiger charge is -2.25. The average molecular weight is 487 g/mol. The summed E-state index contributed by atoms with van der Waals surface area (Å²) >= 11 is 1.42. The van der Waals surface area contributed by atoms with Crippen LogP contribution in [0.3, 0.4) is 0 Å². The molecule has 2 aliphatic heterocycles. The number of oxime groups is 1. The molecule has 5 rings (SSSR count). The Kier molecular flexibility index (Phi) is 6.11. The van der Waals surface area contributed by atoms with E-state index in [0.717, 1.165) is 60.2 Å². The molecule has 1 aromatic carbocycles. The van der Waals surface area contributed by atoms with Crippen LogP contribution in [-0.2, 0) is 20.4 Å². The highest BCUT2D eigenvalue weighted by atomic mass is 32.2. The van der Waals surface area contributed by atoms with E-state index in [4.69, 9.17) is 9.57 Å². The van der Waals surface area contributed by atoms with Gasteiger partial charge >= 0.3 is 0 Å². The van der Waals surface area contributed by atoms with Crippen molar-refractivity contribution >= 4 is 33.5 Å². The molecule has 4 heterocycles. The van der Waals surface area contributed by atoms with Crippen LogP contribution in [0, 0.1) is 10.1 Å². The van der Waals surface area contributed by atoms with Crippen LogP contribution in [0.25, 0.3) is 16.8 Å². The summed E-state index contributed by atoms with van der Waals surface area (Å²) in [7, 11) is -1.25. The lowest BCUT2D eigenvalue weighted by molar-refractivity contribution is -0.384. The number of hydrogen-bond donors (Lipinski definition) is 0. The van der Waals surface area contributed by atoms with Crippen molar-refractivity contribution in [3.8, 4) is 16.8 Å². The molecule has 1 unspecified atom stereocenters. The largest absolute Gasteiger partial charge is 0.394 e. The van der Waals surface area contributed by atoms with Gasteiger partial charge in [0.1, 0.15) is 16.5 Å². The molecule has 0 aliphatic carbocycles. The molecular formula is C22H22N4O5S2. The van der Waals surface area contributed by atoms with Crippen LogP contribution in [0.4, 0.5) is 5.69 Å². The minimum atomic E-state index is -1.25. The number of benzene rings is 1. The van der Waals surface area contributed by atoms with Gasteiger partial charge in [0.05, 0.1) is 45.2 Å². The van der Waals surface area contributed by atoms with E-state index in [1.54, 1.807) is 18.4 Å². The van der Waals surface area contributed by atoms with Gasteiger partial charge in [-0.3, -0.25) is 19.2 Å². The van der Waals surface area contributed by atoms with Crippen molar-refractivity contribution in [2.24, 2.45) is 5.16 Å². The molecule has 33 heavy (non-hydrogen) atoms. The summed E-state index contributed by atoms with van der Waals surface area (Å²) < 4.78 is 20.7. The van der Waals surface area contributed by atoms with Gasteiger partial charge in [0.15, 0.2) is 0 Å². The van der Waals surface area contributed by atoms with Gasteiger partial charge in [-0.2, -0.15) is 0 Å². The second kappa shape index (κ2) is 9.18. The summed E-state index contributed by atoms with van der Waals surface area (Å²) in [4.78, 5) is 19.5. The summed E-state index contributed by atoms with van der Waals surface area (Å²) in [5.74, 6) is 0. The van der Waals surface area contributed by atoms with Crippen LogP contribution in [0.1, 0.15) is 10.6 Å². The molecular weight excluding hydrogens is 464 g/mol. The number of nitro groups is 1. The molecule has 0 radical (unpaired) electrons. The predicted octanol–water partition coefficient (Wildman–Crippen LogP) is 3.27. The Morgan fingerprint density at radius 3 is 2.70 bits per heavy atom. The van der Waals surface area contributed by atoms with Gasteiger partial charge in [-0.1, -0.05) is 5.16 Å². The summed E-state index contributed by atoms with van der Waals surface area (Å²) in [6.07, 6.45) is 3.58. The fraction of sp³-hybridized carbons (Fsp3) is 0.318. The summed E-state index contributed by atoms with van der Waals surface area (Å²) in [6.45, 7) is 4.50. The van der Waals surface area contributed by atoms with Crippen LogP contribution < -0.4 is 0 Å². The SMILES string of the molecule is CS(=O)c1sc2c(c1-c1ccc([N+](=O)[O-])cc1)-n1cccc1/C2=N/OCCN1CCOCC1. The van der Waals surface area contributed by atoms with E-state index >= 15 is 0 Å². The zero-order valence-corrected chi connectivity index (χ0v) is 19.6. The van der Waals surface area contributed by atoms with Crippen molar-refractivity contribution < 1.29 is 18.7 Å². The molecule has 3 aromatic rings. The smallest absolute Gasteiger partial charge is 0.269 e. The number of rotatable bonds is 7. The van der Waals surface area contributed by atoms with Crippen LogP contribution in [-0.4, -0.2) is 70.0 Å². The predicted molar refractivity (Wildman–Crippen MR) is 127 cm³/mol. The summed E-state index contributed by atoms with van der Waals surface area (Å²) in [5, 5.41) is 15.5. The van der Waals surface area contributed by atoms with Gasteiger partial charge in [0.2, 0.25) is 0 Å². The van der Waals surface area contributed by atoms with Crippen molar-refractivity contribution in [3.63, 3.8) is 0 Å². The molecule has 172 valence electrons. The molecule has 1 fully saturated rings. The highest BCUT2D eigenvalue weighted by Gasteiger charge is 2.34. The molecule has 1 atom stereocenters. The van der Waals surface area contributed by atoms with Crippen LogP contribution in [0.5, 0.6) is 0 Å². The van der Waals surface area contributed by atoms with Crippen LogP contribution in [0.15, 0.2) is 52.0 Å². The van der Waals surface area contributed by atoms with Crippen molar-refractivity contribution in [2.45, 2.75) is 4.21 Å². The molecule has 0 bridgehead atoms. The topological polar surface area (TPSA) is 99.2 Å². The van der Waals surface area contributed by atoms with Gasteiger partial charge in [-0.25, -0.2) is 0 Å². The number of morpholine rings is 1. The Labute approximate surface area is 196 Å². The maximum atomic E-state index is 12.6. The number of thiophene rings is 1. The molecule has 0 spiro atoms. The first-order valence-corrected chi connectivity index (χ1v) is 12.9. The number of nitrogens with zero attached hydrogens (tertiary/aromatic N) is 4. The first-order chi connectivity index (χ1) is 16.0. The van der Waals surface area contributed by atoms with Gasteiger partial charge in [-0.05, 0) is 29.8 Å². The van der Waals surface area contributed by atoms with E-state index in [-0.39, 0.29) is 5.69 Å². The number of aromatic nitrogens is 1. The number of fused-ring (bicyclic) bond motifs is 3. The monoisotopic (exact) mass is 486 g/mol. The second-order valence-corrected chi connectivity index (χ2v) is 10.3. The zero-order valence-electron chi connectivity index (χ0n) is 17.9. The fourth-order valence-corrected chi connectivity index (χ4v) is 6.34. The van der Waals surface area contributed by atoms with Crippen molar-refractivity contribution in [2.75, 3.05) is 45.7 Å². The fourth-order valence-electron chi connectivity index (χ4n) is 4.08. The molecule has 0 saturated carbocycles. The Hall–Kier alpha value is -2.86. The standard InChI is InChI=1S/C22H22N4O5S2/c1-33(29)22-18(15-4-6-16(7-5-15)26(27)28)20-21(32-22)19(17-3-2-8-25(17)20)23-31-14-11-24-9-12-30-13-10-24/h2-8H,9-14H2,1H3/b23-19-. The third-order valence-electron chi connectivity index (χ3n) is 5.68. The van der Waals surface area contributed by atoms with E-state index < -0.39 is 15.7 Å². The quantitative estimate of drug-likeness (QED) is 0.226. The van der Waals surface area contributed by atoms with Gasteiger partial charge in [0, 0.05) is 49.8 Å². The number of nitro benzene ring substituents is 1. The van der Waals surface area contributed by atoms with Crippen LogP contribution in [0.2, 0.25) is 0 Å². The Morgan fingerprint density at radius 1 is 1.24 bits per heavy atom. The molecule has 0 N–H and O–H groups in total. The first kappa shape index (κ1) is 22.0. The molecule has 0 amide bonds. The van der Waals surface area contributed by atoms with E-state index in [1.807, 2.05) is 22.9 Å². The number of hydrogen-bond acceptors (Lipinski definition) is 8. The first-order valence-electron chi connectivity index (χ1n) is 10.5. The maximum absolute atomic E-state index is 12.6.